The highest BCUT2D eigenvalue weighted by molar-refractivity contribution is 9.10. The molecule has 0 saturated carbocycles. The van der Waals surface area contributed by atoms with Crippen LogP contribution < -0.4 is 4.90 Å². The molecule has 2 aromatic rings. The number of anilines is 1. The summed E-state index contributed by atoms with van der Waals surface area (Å²) in [5.41, 5.74) is 2.31. The Morgan fingerprint density at radius 3 is 2.60 bits per heavy atom. The normalized spacial score (nSPS) is 16.9. The maximum Gasteiger partial charge on any atom is 0.185 e. The van der Waals surface area contributed by atoms with Gasteiger partial charge in [-0.15, -0.1) is 11.3 Å². The van der Waals surface area contributed by atoms with E-state index in [0.29, 0.717) is 0 Å². The third-order valence-corrected chi connectivity index (χ3v) is 5.56. The molecule has 20 heavy (non-hydrogen) atoms. The van der Waals surface area contributed by atoms with Crippen LogP contribution in [0.2, 0.25) is 0 Å². The van der Waals surface area contributed by atoms with Crippen LogP contribution >= 0.6 is 27.3 Å². The molecule has 0 unspecified atom stereocenters. The average molecular weight is 356 g/mol. The Hall–Kier alpha value is -0.920. The molecule has 108 valence electrons. The van der Waals surface area contributed by atoms with E-state index in [1.54, 1.807) is 11.3 Å². The first kappa shape index (κ1) is 14.0. The molecule has 0 aromatic carbocycles. The van der Waals surface area contributed by atoms with E-state index in [2.05, 4.69) is 35.8 Å². The maximum atomic E-state index is 4.46. The van der Waals surface area contributed by atoms with Crippen LogP contribution in [-0.2, 0) is 13.6 Å². The lowest BCUT2D eigenvalue weighted by Gasteiger charge is -2.34. The van der Waals surface area contributed by atoms with Crippen molar-refractivity contribution in [2.24, 2.45) is 7.05 Å². The Bertz CT molecular complexity index is 572. The van der Waals surface area contributed by atoms with E-state index < -0.39 is 0 Å². The van der Waals surface area contributed by atoms with Crippen LogP contribution in [0.4, 0.5) is 5.13 Å². The summed E-state index contributed by atoms with van der Waals surface area (Å²) >= 11 is 5.36. The van der Waals surface area contributed by atoms with Gasteiger partial charge in [0.1, 0.15) is 0 Å². The number of nitrogens with zero attached hydrogens (tertiary/aromatic N) is 5. The van der Waals surface area contributed by atoms with Crippen LogP contribution in [-0.4, -0.2) is 45.8 Å². The van der Waals surface area contributed by atoms with Crippen molar-refractivity contribution < 1.29 is 0 Å². The van der Waals surface area contributed by atoms with Crippen molar-refractivity contribution in [2.75, 3.05) is 31.1 Å². The molecule has 2 aromatic heterocycles. The van der Waals surface area contributed by atoms with E-state index in [0.717, 1.165) is 48.0 Å². The third kappa shape index (κ3) is 2.75. The second kappa shape index (κ2) is 5.83. The number of aryl methyl sites for hydroxylation is 2. The fourth-order valence-electron chi connectivity index (χ4n) is 2.53. The minimum atomic E-state index is 0.948. The summed E-state index contributed by atoms with van der Waals surface area (Å²) in [6, 6.07) is 0. The van der Waals surface area contributed by atoms with Crippen LogP contribution in [0.3, 0.4) is 0 Å². The van der Waals surface area contributed by atoms with Crippen molar-refractivity contribution in [3.63, 3.8) is 0 Å². The van der Waals surface area contributed by atoms with Crippen LogP contribution in [0.15, 0.2) is 16.0 Å². The predicted molar refractivity (Wildman–Crippen MR) is 85.2 cm³/mol. The number of aromatic nitrogens is 3. The first-order chi connectivity index (χ1) is 9.65. The first-order valence-electron chi connectivity index (χ1n) is 6.70. The van der Waals surface area contributed by atoms with Gasteiger partial charge in [0.15, 0.2) is 5.13 Å². The van der Waals surface area contributed by atoms with Gasteiger partial charge in [0, 0.05) is 51.3 Å². The van der Waals surface area contributed by atoms with Gasteiger partial charge in [0.05, 0.1) is 15.9 Å². The molecule has 5 nitrogen and oxygen atoms in total. The Morgan fingerprint density at radius 2 is 2.05 bits per heavy atom. The first-order valence-corrected chi connectivity index (χ1v) is 8.37. The highest BCUT2D eigenvalue weighted by Crippen LogP contribution is 2.23. The number of hydrogen-bond donors (Lipinski definition) is 0. The number of hydrogen-bond acceptors (Lipinski definition) is 5. The molecule has 1 aliphatic heterocycles. The lowest BCUT2D eigenvalue weighted by Crippen LogP contribution is -2.46. The number of rotatable bonds is 3. The van der Waals surface area contributed by atoms with Gasteiger partial charge in [-0.1, -0.05) is 0 Å². The van der Waals surface area contributed by atoms with E-state index in [1.807, 2.05) is 30.2 Å². The molecule has 0 amide bonds. The molecule has 7 heteroatoms. The van der Waals surface area contributed by atoms with Crippen LogP contribution in [0.25, 0.3) is 0 Å². The van der Waals surface area contributed by atoms with E-state index in [1.165, 1.54) is 5.69 Å². The SMILES string of the molecule is Cc1nn(C)c(CN2CCN(c3nccs3)CC2)c1Br. The average Bonchev–Trinajstić information content (AvgIpc) is 3.05. The Morgan fingerprint density at radius 1 is 1.30 bits per heavy atom. The molecule has 1 fully saturated rings. The fraction of sp³-hybridized carbons (Fsp3) is 0.538. The van der Waals surface area contributed by atoms with Crippen LogP contribution in [0, 0.1) is 6.92 Å². The van der Waals surface area contributed by atoms with Crippen molar-refractivity contribution in [1.82, 2.24) is 19.7 Å². The monoisotopic (exact) mass is 355 g/mol. The molecule has 0 atom stereocenters. The fourth-order valence-corrected chi connectivity index (χ4v) is 3.69. The van der Waals surface area contributed by atoms with Gasteiger partial charge in [0.25, 0.3) is 0 Å². The summed E-state index contributed by atoms with van der Waals surface area (Å²) in [5.74, 6) is 0. The minimum absolute atomic E-state index is 0.948. The van der Waals surface area contributed by atoms with Gasteiger partial charge in [0.2, 0.25) is 0 Å². The topological polar surface area (TPSA) is 37.2 Å². The van der Waals surface area contributed by atoms with Crippen molar-refractivity contribution in [3.05, 3.63) is 27.4 Å². The van der Waals surface area contributed by atoms with Crippen molar-refractivity contribution >= 4 is 32.4 Å². The molecule has 0 bridgehead atoms. The zero-order valence-corrected chi connectivity index (χ0v) is 14.1. The van der Waals surface area contributed by atoms with Crippen molar-refractivity contribution in [3.8, 4) is 0 Å². The molecule has 1 aliphatic rings. The summed E-state index contributed by atoms with van der Waals surface area (Å²) in [5, 5.41) is 7.64. The predicted octanol–water partition coefficient (Wildman–Crippen LogP) is 2.27. The zero-order chi connectivity index (χ0) is 14.1. The molecule has 1 saturated heterocycles. The van der Waals surface area contributed by atoms with E-state index in [4.69, 9.17) is 0 Å². The van der Waals surface area contributed by atoms with Crippen molar-refractivity contribution in [2.45, 2.75) is 13.5 Å². The van der Waals surface area contributed by atoms with E-state index >= 15 is 0 Å². The molecule has 0 spiro atoms. The zero-order valence-electron chi connectivity index (χ0n) is 11.7. The van der Waals surface area contributed by atoms with Gasteiger partial charge in [-0.2, -0.15) is 5.10 Å². The van der Waals surface area contributed by atoms with Crippen LogP contribution in [0.1, 0.15) is 11.4 Å². The second-order valence-electron chi connectivity index (χ2n) is 5.05. The van der Waals surface area contributed by atoms with Gasteiger partial charge in [-0.25, -0.2) is 4.98 Å². The van der Waals surface area contributed by atoms with Crippen LogP contribution in [0.5, 0.6) is 0 Å². The minimum Gasteiger partial charge on any atom is -0.346 e. The lowest BCUT2D eigenvalue weighted by atomic mass is 10.3. The molecule has 0 N–H and O–H groups in total. The summed E-state index contributed by atoms with van der Waals surface area (Å²) in [6.07, 6.45) is 1.88. The standard InChI is InChI=1S/C13H18BrN5S/c1-10-12(14)11(17(2)16-10)9-18-4-6-19(7-5-18)13-15-3-8-20-13/h3,8H,4-7,9H2,1-2H3. The summed E-state index contributed by atoms with van der Waals surface area (Å²) in [6.45, 7) is 7.20. The van der Waals surface area contributed by atoms with E-state index in [-0.39, 0.29) is 0 Å². The van der Waals surface area contributed by atoms with Gasteiger partial charge >= 0.3 is 0 Å². The highest BCUT2D eigenvalue weighted by atomic mass is 79.9. The Labute approximate surface area is 131 Å². The number of piperazine rings is 1. The van der Waals surface area contributed by atoms with E-state index in [9.17, 15) is 0 Å². The molecular weight excluding hydrogens is 338 g/mol. The third-order valence-electron chi connectivity index (χ3n) is 3.70. The second-order valence-corrected chi connectivity index (χ2v) is 6.71. The molecule has 0 aliphatic carbocycles. The summed E-state index contributed by atoms with van der Waals surface area (Å²) < 4.78 is 3.12. The summed E-state index contributed by atoms with van der Waals surface area (Å²) in [4.78, 5) is 9.23. The molecule has 0 radical (unpaired) electrons. The smallest absolute Gasteiger partial charge is 0.185 e. The quantitative estimate of drug-likeness (QED) is 0.846. The largest absolute Gasteiger partial charge is 0.346 e. The number of thiazole rings is 1. The molecular formula is C13H18BrN5S. The lowest BCUT2D eigenvalue weighted by molar-refractivity contribution is 0.243. The Balaban J connectivity index is 1.61. The van der Waals surface area contributed by atoms with Gasteiger partial charge in [-0.3, -0.25) is 9.58 Å². The van der Waals surface area contributed by atoms with Gasteiger partial charge < -0.3 is 4.90 Å². The molecule has 3 rings (SSSR count). The van der Waals surface area contributed by atoms with Gasteiger partial charge in [-0.05, 0) is 22.9 Å². The number of halogens is 1. The van der Waals surface area contributed by atoms with Crippen molar-refractivity contribution in [1.29, 1.82) is 0 Å². The highest BCUT2D eigenvalue weighted by Gasteiger charge is 2.21. The summed E-state index contributed by atoms with van der Waals surface area (Å²) in [7, 11) is 2.01. The molecule has 3 heterocycles. The Kier molecular flexibility index (Phi) is 4.09. The maximum absolute atomic E-state index is 4.46.